The van der Waals surface area contributed by atoms with Crippen LogP contribution in [-0.4, -0.2) is 36.5 Å². The quantitative estimate of drug-likeness (QED) is 0.860. The maximum absolute atomic E-state index is 12.3. The van der Waals surface area contributed by atoms with Gasteiger partial charge in [-0.2, -0.15) is 0 Å². The highest BCUT2D eigenvalue weighted by Crippen LogP contribution is 2.10. The van der Waals surface area contributed by atoms with E-state index in [-0.39, 0.29) is 5.91 Å². The Balaban J connectivity index is 2.00. The Hall–Kier alpha value is -1.35. The van der Waals surface area contributed by atoms with E-state index >= 15 is 0 Å². The first-order valence-electron chi connectivity index (χ1n) is 6.39. The van der Waals surface area contributed by atoms with E-state index in [1.165, 1.54) is 12.8 Å². The molecule has 92 valence electrons. The minimum absolute atomic E-state index is 0.141. The zero-order chi connectivity index (χ0) is 12.1. The Labute approximate surface area is 103 Å². The molecule has 0 aromatic heterocycles. The molecule has 1 saturated heterocycles. The maximum Gasteiger partial charge on any atom is 0.253 e. The topological polar surface area (TPSA) is 32.3 Å². The molecule has 1 aliphatic heterocycles. The summed E-state index contributed by atoms with van der Waals surface area (Å²) in [6, 6.07) is 10.00. The van der Waals surface area contributed by atoms with Gasteiger partial charge >= 0.3 is 0 Å². The van der Waals surface area contributed by atoms with Crippen molar-refractivity contribution < 1.29 is 4.79 Å². The molecule has 17 heavy (non-hydrogen) atoms. The van der Waals surface area contributed by atoms with Gasteiger partial charge in [-0.25, -0.2) is 0 Å². The summed E-state index contributed by atoms with van der Waals surface area (Å²) >= 11 is 0. The van der Waals surface area contributed by atoms with Gasteiger partial charge in [0.2, 0.25) is 0 Å². The van der Waals surface area contributed by atoms with Gasteiger partial charge in [0.05, 0.1) is 0 Å². The largest absolute Gasteiger partial charge is 0.337 e. The lowest BCUT2D eigenvalue weighted by Crippen LogP contribution is -2.41. The summed E-state index contributed by atoms with van der Waals surface area (Å²) in [7, 11) is 0. The molecule has 1 aromatic carbocycles. The van der Waals surface area contributed by atoms with Crippen molar-refractivity contribution in [1.82, 2.24) is 10.2 Å². The zero-order valence-electron chi connectivity index (χ0n) is 10.4. The fourth-order valence-electron chi connectivity index (χ4n) is 2.30. The van der Waals surface area contributed by atoms with Crippen LogP contribution in [0.1, 0.15) is 30.1 Å². The van der Waals surface area contributed by atoms with Crippen LogP contribution in [0.4, 0.5) is 0 Å². The van der Waals surface area contributed by atoms with E-state index in [2.05, 4.69) is 5.32 Å². The van der Waals surface area contributed by atoms with Gasteiger partial charge in [-0.15, -0.1) is 0 Å². The molecule has 1 atom stereocenters. The molecule has 0 aliphatic carbocycles. The molecule has 1 fully saturated rings. The number of hydrogen-bond acceptors (Lipinski definition) is 2. The van der Waals surface area contributed by atoms with E-state index in [4.69, 9.17) is 0 Å². The van der Waals surface area contributed by atoms with Crippen LogP contribution in [-0.2, 0) is 0 Å². The van der Waals surface area contributed by atoms with Crippen molar-refractivity contribution in [1.29, 1.82) is 0 Å². The van der Waals surface area contributed by atoms with E-state index in [0.717, 1.165) is 25.2 Å². The number of nitrogens with zero attached hydrogens (tertiary/aromatic N) is 1. The van der Waals surface area contributed by atoms with E-state index < -0.39 is 0 Å². The third-order valence-corrected chi connectivity index (χ3v) is 3.29. The molecule has 1 N–H and O–H groups in total. The molecule has 0 spiro atoms. The minimum Gasteiger partial charge on any atom is -0.337 e. The van der Waals surface area contributed by atoms with Crippen LogP contribution in [0.5, 0.6) is 0 Å². The number of hydrogen-bond donors (Lipinski definition) is 1. The average Bonchev–Trinajstić information content (AvgIpc) is 2.89. The number of rotatable bonds is 4. The summed E-state index contributed by atoms with van der Waals surface area (Å²) in [5.41, 5.74) is 0.785. The van der Waals surface area contributed by atoms with E-state index in [0.29, 0.717) is 6.04 Å². The molecule has 1 aliphatic rings. The predicted molar refractivity (Wildman–Crippen MR) is 69.0 cm³/mol. The smallest absolute Gasteiger partial charge is 0.253 e. The molecule has 1 aromatic rings. The van der Waals surface area contributed by atoms with Crippen LogP contribution in [0, 0.1) is 0 Å². The molecule has 0 bridgehead atoms. The first kappa shape index (κ1) is 12.1. The SMILES string of the molecule is CCN(CC1CCCN1)C(=O)c1ccccc1. The molecule has 2 rings (SSSR count). The number of carbonyl (C=O) groups is 1. The minimum atomic E-state index is 0.141. The van der Waals surface area contributed by atoms with Gasteiger partial charge < -0.3 is 10.2 Å². The second-order valence-corrected chi connectivity index (χ2v) is 4.50. The lowest BCUT2D eigenvalue weighted by molar-refractivity contribution is 0.0751. The molecule has 3 heteroatoms. The fourth-order valence-corrected chi connectivity index (χ4v) is 2.30. The molecule has 1 heterocycles. The first-order valence-corrected chi connectivity index (χ1v) is 6.39. The summed E-state index contributed by atoms with van der Waals surface area (Å²) in [5, 5.41) is 3.43. The summed E-state index contributed by atoms with van der Waals surface area (Å²) in [5.74, 6) is 0.141. The highest BCUT2D eigenvalue weighted by molar-refractivity contribution is 5.94. The number of benzene rings is 1. The lowest BCUT2D eigenvalue weighted by atomic mass is 10.1. The normalized spacial score (nSPS) is 19.2. The van der Waals surface area contributed by atoms with Crippen LogP contribution in [0.25, 0.3) is 0 Å². The van der Waals surface area contributed by atoms with Crippen LogP contribution in [0.3, 0.4) is 0 Å². The molecule has 0 saturated carbocycles. The van der Waals surface area contributed by atoms with E-state index in [9.17, 15) is 4.79 Å². The molecular formula is C14H20N2O. The molecule has 3 nitrogen and oxygen atoms in total. The summed E-state index contributed by atoms with van der Waals surface area (Å²) in [6.07, 6.45) is 2.40. The highest BCUT2D eigenvalue weighted by atomic mass is 16.2. The van der Waals surface area contributed by atoms with Crippen molar-refractivity contribution >= 4 is 5.91 Å². The molecule has 1 unspecified atom stereocenters. The van der Waals surface area contributed by atoms with Gasteiger partial charge in [0.1, 0.15) is 0 Å². The van der Waals surface area contributed by atoms with Gasteiger partial charge in [-0.1, -0.05) is 18.2 Å². The number of likely N-dealkylation sites (N-methyl/N-ethyl adjacent to an activating group) is 1. The summed E-state index contributed by atoms with van der Waals surface area (Å²) in [4.78, 5) is 14.2. The second kappa shape index (κ2) is 5.82. The Bertz CT molecular complexity index is 358. The van der Waals surface area contributed by atoms with Crippen LogP contribution < -0.4 is 5.32 Å². The Morgan fingerprint density at radius 2 is 2.18 bits per heavy atom. The van der Waals surface area contributed by atoms with Gasteiger partial charge in [-0.3, -0.25) is 4.79 Å². The molecule has 1 amide bonds. The van der Waals surface area contributed by atoms with Gasteiger partial charge in [0, 0.05) is 24.7 Å². The Morgan fingerprint density at radius 1 is 1.41 bits per heavy atom. The van der Waals surface area contributed by atoms with E-state index in [1.807, 2.05) is 42.2 Å². The van der Waals surface area contributed by atoms with Crippen molar-refractivity contribution in [2.45, 2.75) is 25.8 Å². The molecular weight excluding hydrogens is 212 g/mol. The standard InChI is InChI=1S/C14H20N2O/c1-2-16(11-13-9-6-10-15-13)14(17)12-7-4-3-5-8-12/h3-5,7-8,13,15H,2,6,9-11H2,1H3. The Kier molecular flexibility index (Phi) is 4.15. The van der Waals surface area contributed by atoms with E-state index in [1.54, 1.807) is 0 Å². The van der Waals surface area contributed by atoms with Crippen molar-refractivity contribution in [3.8, 4) is 0 Å². The van der Waals surface area contributed by atoms with Crippen LogP contribution in [0.15, 0.2) is 30.3 Å². The van der Waals surface area contributed by atoms with Crippen LogP contribution >= 0.6 is 0 Å². The third kappa shape index (κ3) is 3.07. The summed E-state index contributed by atoms with van der Waals surface area (Å²) in [6.45, 7) is 4.72. The monoisotopic (exact) mass is 232 g/mol. The van der Waals surface area contributed by atoms with Gasteiger partial charge in [-0.05, 0) is 38.4 Å². The number of carbonyl (C=O) groups excluding carboxylic acids is 1. The Morgan fingerprint density at radius 3 is 2.76 bits per heavy atom. The summed E-state index contributed by atoms with van der Waals surface area (Å²) < 4.78 is 0. The average molecular weight is 232 g/mol. The first-order chi connectivity index (χ1) is 8.31. The van der Waals surface area contributed by atoms with Crippen molar-refractivity contribution in [3.63, 3.8) is 0 Å². The second-order valence-electron chi connectivity index (χ2n) is 4.50. The van der Waals surface area contributed by atoms with Crippen molar-refractivity contribution in [2.24, 2.45) is 0 Å². The number of amides is 1. The fraction of sp³-hybridized carbons (Fsp3) is 0.500. The zero-order valence-corrected chi connectivity index (χ0v) is 10.4. The van der Waals surface area contributed by atoms with Gasteiger partial charge in [0.15, 0.2) is 0 Å². The van der Waals surface area contributed by atoms with Crippen molar-refractivity contribution in [3.05, 3.63) is 35.9 Å². The lowest BCUT2D eigenvalue weighted by Gasteiger charge is -2.24. The van der Waals surface area contributed by atoms with Gasteiger partial charge in [0.25, 0.3) is 5.91 Å². The van der Waals surface area contributed by atoms with Crippen molar-refractivity contribution in [2.75, 3.05) is 19.6 Å². The molecule has 0 radical (unpaired) electrons. The highest BCUT2D eigenvalue weighted by Gasteiger charge is 2.20. The maximum atomic E-state index is 12.3. The third-order valence-electron chi connectivity index (χ3n) is 3.29. The van der Waals surface area contributed by atoms with Crippen LogP contribution in [0.2, 0.25) is 0 Å². The number of nitrogens with one attached hydrogen (secondary N) is 1. The predicted octanol–water partition coefficient (Wildman–Crippen LogP) is 1.90.